The van der Waals surface area contributed by atoms with Crippen molar-refractivity contribution in [1.29, 1.82) is 0 Å². The number of benzene rings is 1. The highest BCUT2D eigenvalue weighted by molar-refractivity contribution is 8.93. The van der Waals surface area contributed by atoms with E-state index in [1.165, 1.54) is 0 Å². The predicted octanol–water partition coefficient (Wildman–Crippen LogP) is 1.67. The van der Waals surface area contributed by atoms with E-state index in [0.29, 0.717) is 5.70 Å². The Bertz CT molecular complexity index is 571. The molecule has 0 fully saturated rings. The number of aliphatic carboxylic acids is 1. The number of hydrogen-bond acceptors (Lipinski definition) is 4. The van der Waals surface area contributed by atoms with E-state index in [9.17, 15) is 4.79 Å². The molecular formula is C13H14BrN3O2. The molecule has 3 rings (SSSR count). The van der Waals surface area contributed by atoms with E-state index in [2.05, 4.69) is 0 Å². The van der Waals surface area contributed by atoms with E-state index in [1.807, 2.05) is 52.4 Å². The number of nitrogens with zero attached hydrogens (tertiary/aromatic N) is 2. The molecule has 0 amide bonds. The highest BCUT2D eigenvalue weighted by Gasteiger charge is 2.35. The summed E-state index contributed by atoms with van der Waals surface area (Å²) in [7, 11) is 0. The monoisotopic (exact) mass is 323 g/mol. The zero-order valence-corrected chi connectivity index (χ0v) is 11.8. The maximum Gasteiger partial charge on any atom is 0.323 e. The van der Waals surface area contributed by atoms with Gasteiger partial charge in [-0.15, -0.1) is 17.0 Å². The van der Waals surface area contributed by atoms with E-state index >= 15 is 0 Å². The number of rotatable bonds is 2. The van der Waals surface area contributed by atoms with Crippen LogP contribution in [-0.2, 0) is 4.79 Å². The van der Waals surface area contributed by atoms with Crippen molar-refractivity contribution < 1.29 is 9.90 Å². The molecule has 0 aromatic heterocycles. The van der Waals surface area contributed by atoms with Gasteiger partial charge in [0.1, 0.15) is 12.7 Å². The van der Waals surface area contributed by atoms with Crippen molar-refractivity contribution in [1.82, 2.24) is 0 Å². The van der Waals surface area contributed by atoms with Crippen LogP contribution >= 0.6 is 17.0 Å². The first-order chi connectivity index (χ1) is 8.66. The molecule has 1 unspecified atom stereocenters. The molecule has 1 atom stereocenters. The zero-order valence-electron chi connectivity index (χ0n) is 10.1. The Kier molecular flexibility index (Phi) is 3.53. The second-order valence-electron chi connectivity index (χ2n) is 4.32. The fourth-order valence-electron chi connectivity index (χ4n) is 2.43. The average Bonchev–Trinajstić information content (AvgIpc) is 2.64. The lowest BCUT2D eigenvalue weighted by molar-refractivity contribution is -0.135. The first-order valence-electron chi connectivity index (χ1n) is 5.68. The van der Waals surface area contributed by atoms with Crippen LogP contribution in [0.5, 0.6) is 0 Å². The Morgan fingerprint density at radius 3 is 2.68 bits per heavy atom. The summed E-state index contributed by atoms with van der Waals surface area (Å²) in [5.41, 5.74) is 8.36. The smallest absolute Gasteiger partial charge is 0.323 e. The van der Waals surface area contributed by atoms with Crippen molar-refractivity contribution in [3.8, 4) is 0 Å². The molecule has 0 saturated carbocycles. The maximum atomic E-state index is 11.0. The lowest BCUT2D eigenvalue weighted by Gasteiger charge is -2.29. The summed E-state index contributed by atoms with van der Waals surface area (Å²) in [4.78, 5) is 14.8. The topological polar surface area (TPSA) is 69.8 Å². The minimum Gasteiger partial charge on any atom is -0.480 e. The quantitative estimate of drug-likeness (QED) is 0.866. The van der Waals surface area contributed by atoms with E-state index in [0.717, 1.165) is 11.4 Å². The van der Waals surface area contributed by atoms with Crippen molar-refractivity contribution in [3.05, 3.63) is 48.3 Å². The molecule has 2 aliphatic rings. The van der Waals surface area contributed by atoms with E-state index in [1.54, 1.807) is 0 Å². The third kappa shape index (κ3) is 2.19. The fourth-order valence-corrected chi connectivity index (χ4v) is 2.43. The summed E-state index contributed by atoms with van der Waals surface area (Å²) >= 11 is 0. The standard InChI is InChI=1S/C13H13N3O2.BrH/c14-9-5-6-12-15(7-9)10-3-1-2-4-11(10)16(12)8-13(17)18;/h1-7,12H,8,14H2,(H,17,18);1H. The fraction of sp³-hybridized carbons (Fsp3) is 0.154. The van der Waals surface area contributed by atoms with Gasteiger partial charge in [0, 0.05) is 11.9 Å². The van der Waals surface area contributed by atoms with Gasteiger partial charge in [0.25, 0.3) is 0 Å². The Morgan fingerprint density at radius 1 is 1.32 bits per heavy atom. The predicted molar refractivity (Wildman–Crippen MR) is 79.4 cm³/mol. The van der Waals surface area contributed by atoms with Crippen LogP contribution in [0.4, 0.5) is 11.4 Å². The van der Waals surface area contributed by atoms with Gasteiger partial charge in [-0.1, -0.05) is 12.1 Å². The second kappa shape index (κ2) is 4.97. The molecule has 1 aromatic carbocycles. The molecule has 0 saturated heterocycles. The molecule has 0 spiro atoms. The molecule has 19 heavy (non-hydrogen) atoms. The molecule has 1 aromatic rings. The average molecular weight is 324 g/mol. The molecule has 2 heterocycles. The van der Waals surface area contributed by atoms with E-state index in [4.69, 9.17) is 10.8 Å². The van der Waals surface area contributed by atoms with Gasteiger partial charge in [0.05, 0.1) is 11.4 Å². The molecule has 0 radical (unpaired) electrons. The molecule has 5 nitrogen and oxygen atoms in total. The lowest BCUT2D eigenvalue weighted by Crippen LogP contribution is -2.43. The highest BCUT2D eigenvalue weighted by atomic mass is 79.9. The minimum atomic E-state index is -0.845. The molecule has 0 bridgehead atoms. The number of hydrogen-bond donors (Lipinski definition) is 2. The van der Waals surface area contributed by atoms with Gasteiger partial charge in [-0.05, 0) is 24.3 Å². The normalized spacial score (nSPS) is 19.4. The van der Waals surface area contributed by atoms with Crippen molar-refractivity contribution in [2.24, 2.45) is 5.73 Å². The van der Waals surface area contributed by atoms with Crippen LogP contribution in [0.3, 0.4) is 0 Å². The Hall–Kier alpha value is -1.95. The molecule has 6 heteroatoms. The minimum absolute atomic E-state index is 0. The Labute approximate surface area is 121 Å². The van der Waals surface area contributed by atoms with Crippen molar-refractivity contribution >= 4 is 34.3 Å². The Balaban J connectivity index is 0.00000133. The van der Waals surface area contributed by atoms with E-state index < -0.39 is 5.97 Å². The van der Waals surface area contributed by atoms with Gasteiger partial charge in [0.15, 0.2) is 0 Å². The first-order valence-corrected chi connectivity index (χ1v) is 5.68. The number of carboxylic acid groups (broad SMARTS) is 1. The summed E-state index contributed by atoms with van der Waals surface area (Å²) < 4.78 is 0. The highest BCUT2D eigenvalue weighted by Crippen LogP contribution is 2.41. The van der Waals surface area contributed by atoms with Crippen LogP contribution in [0.15, 0.2) is 48.3 Å². The third-order valence-corrected chi connectivity index (χ3v) is 3.13. The molecule has 2 aliphatic heterocycles. The Morgan fingerprint density at radius 2 is 2.00 bits per heavy atom. The molecule has 100 valence electrons. The number of carbonyl (C=O) groups is 1. The number of fused-ring (bicyclic) bond motifs is 3. The van der Waals surface area contributed by atoms with Crippen LogP contribution in [0.25, 0.3) is 0 Å². The van der Waals surface area contributed by atoms with Crippen molar-refractivity contribution in [2.75, 3.05) is 16.3 Å². The van der Waals surface area contributed by atoms with Crippen LogP contribution < -0.4 is 15.5 Å². The number of allylic oxidation sites excluding steroid dienone is 1. The number of nitrogens with two attached hydrogens (primary N) is 1. The van der Waals surface area contributed by atoms with Gasteiger partial charge in [-0.3, -0.25) is 4.79 Å². The maximum absolute atomic E-state index is 11.0. The van der Waals surface area contributed by atoms with Crippen LogP contribution in [0.1, 0.15) is 0 Å². The lowest BCUT2D eigenvalue weighted by atomic mass is 10.2. The molecule has 0 aliphatic carbocycles. The number of carboxylic acids is 1. The molecular weight excluding hydrogens is 310 g/mol. The SMILES string of the molecule is Br.NC1=CN2c3ccccc3N(CC(=O)O)C2C=C1. The van der Waals surface area contributed by atoms with Crippen molar-refractivity contribution in [3.63, 3.8) is 0 Å². The van der Waals surface area contributed by atoms with Crippen LogP contribution in [0, 0.1) is 0 Å². The summed E-state index contributed by atoms with van der Waals surface area (Å²) in [6.45, 7) is -0.0315. The summed E-state index contributed by atoms with van der Waals surface area (Å²) in [5.74, 6) is -0.845. The first kappa shape index (κ1) is 13.5. The summed E-state index contributed by atoms with van der Waals surface area (Å²) in [6, 6.07) is 7.73. The summed E-state index contributed by atoms with van der Waals surface area (Å²) in [6.07, 6.45) is 5.46. The van der Waals surface area contributed by atoms with Crippen LogP contribution in [0.2, 0.25) is 0 Å². The number of para-hydroxylation sites is 2. The second-order valence-corrected chi connectivity index (χ2v) is 4.32. The zero-order chi connectivity index (χ0) is 12.7. The van der Waals surface area contributed by atoms with E-state index in [-0.39, 0.29) is 29.7 Å². The third-order valence-electron chi connectivity index (χ3n) is 3.13. The van der Waals surface area contributed by atoms with Gasteiger partial charge in [0.2, 0.25) is 0 Å². The van der Waals surface area contributed by atoms with Crippen molar-refractivity contribution in [2.45, 2.75) is 6.17 Å². The number of halogens is 1. The van der Waals surface area contributed by atoms with Gasteiger partial charge in [-0.25, -0.2) is 0 Å². The summed E-state index contributed by atoms with van der Waals surface area (Å²) in [5, 5.41) is 9.02. The van der Waals surface area contributed by atoms with Gasteiger partial charge < -0.3 is 20.6 Å². The van der Waals surface area contributed by atoms with Gasteiger partial charge in [-0.2, -0.15) is 0 Å². The van der Waals surface area contributed by atoms with Crippen LogP contribution in [-0.4, -0.2) is 23.8 Å². The number of anilines is 2. The van der Waals surface area contributed by atoms with Gasteiger partial charge >= 0.3 is 5.97 Å². The molecule has 3 N–H and O–H groups in total. The largest absolute Gasteiger partial charge is 0.480 e.